The Labute approximate surface area is 217 Å². The maximum Gasteiger partial charge on any atom is 0.156 e. The molecular weight excluding hydrogens is 490 g/mol. The van der Waals surface area contributed by atoms with Crippen LogP contribution in [0.25, 0.3) is 11.1 Å². The lowest BCUT2D eigenvalue weighted by Gasteiger charge is -2.47. The molecule has 37 heavy (non-hydrogen) atoms. The van der Waals surface area contributed by atoms with Gasteiger partial charge < -0.3 is 19.7 Å². The second-order valence-corrected chi connectivity index (χ2v) is 9.52. The largest absolute Gasteiger partial charge is 0.491 e. The number of allylic oxidation sites excluding steroid dienone is 3. The van der Waals surface area contributed by atoms with Crippen molar-refractivity contribution in [2.75, 3.05) is 24.5 Å². The molecule has 0 aliphatic carbocycles. The van der Waals surface area contributed by atoms with E-state index in [0.29, 0.717) is 6.54 Å². The summed E-state index contributed by atoms with van der Waals surface area (Å²) < 4.78 is 16.5. The van der Waals surface area contributed by atoms with Gasteiger partial charge in [0.2, 0.25) is 0 Å². The molecule has 2 atom stereocenters. The van der Waals surface area contributed by atoms with Crippen LogP contribution in [0.15, 0.2) is 88.8 Å². The van der Waals surface area contributed by atoms with Gasteiger partial charge in [0.1, 0.15) is 35.6 Å². The van der Waals surface area contributed by atoms with E-state index in [9.17, 15) is 0 Å². The minimum Gasteiger partial charge on any atom is -0.491 e. The van der Waals surface area contributed by atoms with Crippen LogP contribution in [-0.2, 0) is 4.74 Å². The Morgan fingerprint density at radius 1 is 1.11 bits per heavy atom. The van der Waals surface area contributed by atoms with Crippen LogP contribution in [0.3, 0.4) is 0 Å². The van der Waals surface area contributed by atoms with Gasteiger partial charge in [-0.3, -0.25) is 15.0 Å². The van der Waals surface area contributed by atoms with Crippen LogP contribution in [0.5, 0.6) is 0 Å². The van der Waals surface area contributed by atoms with Crippen molar-refractivity contribution in [1.82, 2.24) is 40.6 Å². The van der Waals surface area contributed by atoms with Crippen LogP contribution in [-0.4, -0.2) is 61.5 Å². The van der Waals surface area contributed by atoms with E-state index < -0.39 is 0 Å². The molecule has 188 valence electrons. The number of nitrogens with one attached hydrogen (secondary N) is 3. The van der Waals surface area contributed by atoms with E-state index in [2.05, 4.69) is 59.3 Å². The van der Waals surface area contributed by atoms with Crippen LogP contribution in [0.1, 0.15) is 17.8 Å². The normalized spacial score (nSPS) is 23.4. The Bertz CT molecular complexity index is 1380. The summed E-state index contributed by atoms with van der Waals surface area (Å²) in [6.07, 6.45) is 15.9. The van der Waals surface area contributed by atoms with Crippen molar-refractivity contribution >= 4 is 28.5 Å². The number of H-pyrrole nitrogens is 1. The number of aromatic nitrogens is 4. The van der Waals surface area contributed by atoms with Crippen LogP contribution in [0.4, 0.5) is 5.82 Å². The molecule has 3 aromatic rings. The van der Waals surface area contributed by atoms with Gasteiger partial charge in [0, 0.05) is 47.9 Å². The zero-order valence-electron chi connectivity index (χ0n) is 19.8. The topological polar surface area (TPSA) is 111 Å². The second-order valence-electron chi connectivity index (χ2n) is 8.86. The monoisotopic (exact) mass is 515 g/mol. The highest BCUT2D eigenvalue weighted by Gasteiger charge is 2.47. The minimum absolute atomic E-state index is 0.306. The fraction of sp³-hybridized carbons (Fsp3) is 0.240. The molecule has 12 heteroatoms. The van der Waals surface area contributed by atoms with Crippen molar-refractivity contribution in [2.45, 2.75) is 18.6 Å². The zero-order valence-corrected chi connectivity index (χ0v) is 20.6. The van der Waals surface area contributed by atoms with Crippen LogP contribution in [0.2, 0.25) is 0 Å². The number of aromatic amines is 1. The van der Waals surface area contributed by atoms with Crippen molar-refractivity contribution in [2.24, 2.45) is 0 Å². The average molecular weight is 516 g/mol. The molecule has 7 heterocycles. The summed E-state index contributed by atoms with van der Waals surface area (Å²) in [5.74, 6) is 1.78. The van der Waals surface area contributed by atoms with E-state index in [1.807, 2.05) is 35.9 Å². The molecular formula is C25H25N9O2S. The van der Waals surface area contributed by atoms with Crippen molar-refractivity contribution in [1.29, 1.82) is 0 Å². The third-order valence-corrected chi connectivity index (χ3v) is 7.29. The molecule has 2 unspecified atom stereocenters. The van der Waals surface area contributed by atoms with E-state index in [1.165, 1.54) is 11.5 Å². The van der Waals surface area contributed by atoms with Gasteiger partial charge in [-0.15, -0.1) is 0 Å². The molecule has 0 saturated carbocycles. The number of nitrogens with zero attached hydrogens (tertiary/aromatic N) is 6. The van der Waals surface area contributed by atoms with Crippen molar-refractivity contribution in [3.05, 3.63) is 95.7 Å². The molecule has 0 bridgehead atoms. The molecule has 3 aromatic heterocycles. The second kappa shape index (κ2) is 9.30. The lowest BCUT2D eigenvalue weighted by Crippen LogP contribution is -2.54. The van der Waals surface area contributed by atoms with Crippen LogP contribution < -0.4 is 15.8 Å². The van der Waals surface area contributed by atoms with E-state index in [4.69, 9.17) is 13.6 Å². The maximum absolute atomic E-state index is 6.26. The standard InChI is InChI=1S/C25H25N9O2S/c1-2-14-35-19(5-1)23-22(18-8-16-37-31-18)21(17-7-15-36-30-17)24(32-12-3-9-27-32)25(33-13-4-10-28-33)34(23)20-6-11-26-29-20/h1-2,4-8,10-11,14-16,19,23,27-28H,3,9,12-13H2,(H,26,29). The van der Waals surface area contributed by atoms with Gasteiger partial charge in [0.05, 0.1) is 24.7 Å². The summed E-state index contributed by atoms with van der Waals surface area (Å²) in [4.78, 5) is 2.26. The molecule has 0 aromatic carbocycles. The Morgan fingerprint density at radius 2 is 2.11 bits per heavy atom. The van der Waals surface area contributed by atoms with Gasteiger partial charge in [-0.1, -0.05) is 11.2 Å². The fourth-order valence-corrected chi connectivity index (χ4v) is 5.79. The number of hydrogen-bond acceptors (Lipinski definition) is 11. The molecule has 0 spiro atoms. The Morgan fingerprint density at radius 3 is 2.78 bits per heavy atom. The molecule has 7 rings (SSSR count). The fourth-order valence-electron chi connectivity index (χ4n) is 5.27. The predicted molar refractivity (Wildman–Crippen MR) is 139 cm³/mol. The summed E-state index contributed by atoms with van der Waals surface area (Å²) in [5.41, 5.74) is 11.5. The average Bonchev–Trinajstić information content (AvgIpc) is 3.79. The van der Waals surface area contributed by atoms with Crippen LogP contribution >= 0.6 is 11.5 Å². The van der Waals surface area contributed by atoms with Crippen molar-refractivity contribution in [3.8, 4) is 0 Å². The van der Waals surface area contributed by atoms with Gasteiger partial charge in [-0.25, -0.2) is 5.43 Å². The Kier molecular flexibility index (Phi) is 5.52. The minimum atomic E-state index is -0.314. The van der Waals surface area contributed by atoms with E-state index >= 15 is 0 Å². The molecule has 1 fully saturated rings. The third-order valence-electron chi connectivity index (χ3n) is 6.73. The summed E-state index contributed by atoms with van der Waals surface area (Å²) in [5, 5.41) is 18.3. The van der Waals surface area contributed by atoms with Gasteiger partial charge in [0.15, 0.2) is 5.82 Å². The van der Waals surface area contributed by atoms with E-state index in [0.717, 1.165) is 59.4 Å². The quantitative estimate of drug-likeness (QED) is 0.453. The number of rotatable bonds is 6. The number of hydrogen-bond donors (Lipinski definition) is 3. The number of anilines is 1. The number of hydrazine groups is 2. The first kappa shape index (κ1) is 21.9. The highest BCUT2D eigenvalue weighted by atomic mass is 32.1. The third kappa shape index (κ3) is 3.72. The predicted octanol–water partition coefficient (Wildman–Crippen LogP) is 2.84. The van der Waals surface area contributed by atoms with Crippen LogP contribution in [0, 0.1) is 0 Å². The summed E-state index contributed by atoms with van der Waals surface area (Å²) >= 11 is 1.42. The molecule has 0 radical (unpaired) electrons. The maximum atomic E-state index is 6.26. The van der Waals surface area contributed by atoms with Gasteiger partial charge in [0.25, 0.3) is 0 Å². The zero-order chi connectivity index (χ0) is 24.6. The lowest BCUT2D eigenvalue weighted by molar-refractivity contribution is 0.164. The first-order chi connectivity index (χ1) is 18.4. The highest BCUT2D eigenvalue weighted by Crippen LogP contribution is 2.47. The number of ether oxygens (including phenoxy) is 1. The van der Waals surface area contributed by atoms with Gasteiger partial charge in [-0.05, 0) is 42.2 Å². The summed E-state index contributed by atoms with van der Waals surface area (Å²) in [6, 6.07) is 5.63. The molecule has 11 nitrogen and oxygen atoms in total. The molecule has 1 saturated heterocycles. The highest BCUT2D eigenvalue weighted by molar-refractivity contribution is 7.03. The molecule has 4 aliphatic heterocycles. The first-order valence-corrected chi connectivity index (χ1v) is 13.0. The Hall–Kier alpha value is -4.29. The summed E-state index contributed by atoms with van der Waals surface area (Å²) in [6.45, 7) is 2.41. The molecule has 4 aliphatic rings. The van der Waals surface area contributed by atoms with Crippen molar-refractivity contribution < 1.29 is 9.26 Å². The SMILES string of the molecule is C1=COC(C2C(c3ccsn3)=C(c3ccon3)C(N3CCCN3)=C(N3CC=CN3)N2c2ccn[nH]2)C=C1. The smallest absolute Gasteiger partial charge is 0.156 e. The van der Waals surface area contributed by atoms with E-state index in [1.54, 1.807) is 18.7 Å². The Balaban J connectivity index is 1.57. The van der Waals surface area contributed by atoms with E-state index in [-0.39, 0.29) is 12.1 Å². The molecule has 3 N–H and O–H groups in total. The summed E-state index contributed by atoms with van der Waals surface area (Å²) in [7, 11) is 0. The first-order valence-electron chi connectivity index (χ1n) is 12.2. The van der Waals surface area contributed by atoms with Gasteiger partial charge >= 0.3 is 0 Å². The van der Waals surface area contributed by atoms with Crippen molar-refractivity contribution in [3.63, 3.8) is 0 Å². The van der Waals surface area contributed by atoms with Gasteiger partial charge in [-0.2, -0.15) is 9.47 Å². The lowest BCUT2D eigenvalue weighted by atomic mass is 9.85. The molecule has 0 amide bonds.